The van der Waals surface area contributed by atoms with Crippen LogP contribution in [-0.2, 0) is 9.84 Å². The van der Waals surface area contributed by atoms with Gasteiger partial charge in [-0.3, -0.25) is 4.79 Å². The molecule has 3 aromatic rings. The van der Waals surface area contributed by atoms with Crippen molar-refractivity contribution >= 4 is 20.7 Å². The first-order chi connectivity index (χ1) is 10.9. The number of sulfone groups is 1. The lowest BCUT2D eigenvalue weighted by Crippen LogP contribution is -2.16. The molecule has 0 aliphatic heterocycles. The van der Waals surface area contributed by atoms with E-state index in [0.717, 1.165) is 12.3 Å². The third kappa shape index (κ3) is 2.49. The Bertz CT molecular complexity index is 1110. The van der Waals surface area contributed by atoms with E-state index in [9.17, 15) is 17.6 Å². The lowest BCUT2D eigenvalue weighted by Gasteiger charge is -2.06. The van der Waals surface area contributed by atoms with Crippen molar-refractivity contribution in [2.24, 2.45) is 0 Å². The molecule has 0 saturated heterocycles. The highest BCUT2D eigenvalue weighted by atomic mass is 32.2. The quantitative estimate of drug-likeness (QED) is 0.782. The monoisotopic (exact) mass is 328 g/mol. The molecule has 114 valence electrons. The number of hydrogen-bond acceptors (Lipinski definition) is 4. The van der Waals surface area contributed by atoms with Gasteiger partial charge in [0, 0.05) is 17.1 Å². The molecule has 7 heteroatoms. The normalized spacial score (nSPS) is 11.3. The Morgan fingerprint density at radius 2 is 1.78 bits per heavy atom. The van der Waals surface area contributed by atoms with Crippen LogP contribution in [0.25, 0.3) is 10.9 Å². The van der Waals surface area contributed by atoms with E-state index in [0.29, 0.717) is 11.1 Å². The fraction of sp³-hybridized carbons (Fsp3) is 0. The molecule has 23 heavy (non-hydrogen) atoms. The third-order valence-electron chi connectivity index (χ3n) is 3.39. The molecule has 0 aliphatic carbocycles. The maximum atomic E-state index is 13.3. The van der Waals surface area contributed by atoms with Gasteiger partial charge in [-0.2, -0.15) is 5.26 Å². The number of fused-ring (bicyclic) bond motifs is 1. The molecular weight excluding hydrogens is 319 g/mol. The van der Waals surface area contributed by atoms with Gasteiger partial charge in [-0.25, -0.2) is 12.8 Å². The molecule has 3 rings (SSSR count). The van der Waals surface area contributed by atoms with Gasteiger partial charge in [0.05, 0.1) is 16.5 Å². The summed E-state index contributed by atoms with van der Waals surface area (Å²) in [6, 6.07) is 10.6. The smallest absolute Gasteiger partial charge is 0.211 e. The lowest BCUT2D eigenvalue weighted by atomic mass is 10.2. The van der Waals surface area contributed by atoms with Crippen molar-refractivity contribution in [2.45, 2.75) is 9.79 Å². The number of halogens is 1. The standard InChI is InChI=1S/C16H9FN2O3S/c17-11-3-6-14-13(7-11)16(20)15(9-19-14)23(21,22)12-4-1-10(8-18)2-5-12/h1-7,9H,(H,19,20). The average Bonchev–Trinajstić information content (AvgIpc) is 2.55. The van der Waals surface area contributed by atoms with Crippen molar-refractivity contribution in [3.63, 3.8) is 0 Å². The molecule has 5 nitrogen and oxygen atoms in total. The van der Waals surface area contributed by atoms with E-state index in [1.165, 1.54) is 36.4 Å². The average molecular weight is 328 g/mol. The van der Waals surface area contributed by atoms with E-state index in [1.807, 2.05) is 6.07 Å². The summed E-state index contributed by atoms with van der Waals surface area (Å²) >= 11 is 0. The van der Waals surface area contributed by atoms with Crippen molar-refractivity contribution in [3.05, 3.63) is 70.3 Å². The Morgan fingerprint density at radius 1 is 1.09 bits per heavy atom. The number of aromatic nitrogens is 1. The van der Waals surface area contributed by atoms with Crippen LogP contribution in [0.4, 0.5) is 4.39 Å². The molecule has 1 heterocycles. The van der Waals surface area contributed by atoms with E-state index in [-0.39, 0.29) is 10.3 Å². The summed E-state index contributed by atoms with van der Waals surface area (Å²) in [6.07, 6.45) is 1.09. The van der Waals surface area contributed by atoms with Gasteiger partial charge in [0.25, 0.3) is 0 Å². The number of benzene rings is 2. The highest BCUT2D eigenvalue weighted by Gasteiger charge is 2.22. The Morgan fingerprint density at radius 3 is 2.43 bits per heavy atom. The molecule has 0 amide bonds. The fourth-order valence-electron chi connectivity index (χ4n) is 2.21. The van der Waals surface area contributed by atoms with Gasteiger partial charge < -0.3 is 4.98 Å². The van der Waals surface area contributed by atoms with Crippen molar-refractivity contribution in [2.75, 3.05) is 0 Å². The first-order valence-electron chi connectivity index (χ1n) is 6.50. The second kappa shape index (κ2) is 5.34. The molecule has 0 spiro atoms. The molecule has 0 fully saturated rings. The number of pyridine rings is 1. The van der Waals surface area contributed by atoms with E-state index in [4.69, 9.17) is 5.26 Å². The summed E-state index contributed by atoms with van der Waals surface area (Å²) < 4.78 is 38.5. The Balaban J connectivity index is 2.24. The van der Waals surface area contributed by atoms with Crippen LogP contribution in [0, 0.1) is 17.1 Å². The number of aromatic amines is 1. The van der Waals surface area contributed by atoms with Crippen LogP contribution in [0.3, 0.4) is 0 Å². The number of nitrogens with one attached hydrogen (secondary N) is 1. The summed E-state index contributed by atoms with van der Waals surface area (Å²) in [7, 11) is -4.07. The third-order valence-corrected chi connectivity index (χ3v) is 5.17. The van der Waals surface area contributed by atoms with Crippen molar-refractivity contribution in [1.82, 2.24) is 4.98 Å². The van der Waals surface area contributed by atoms with Gasteiger partial charge >= 0.3 is 0 Å². The second-order valence-electron chi connectivity index (χ2n) is 4.81. The number of nitriles is 1. The molecule has 0 bridgehead atoms. The summed E-state index contributed by atoms with van der Waals surface area (Å²) in [6.45, 7) is 0. The number of H-pyrrole nitrogens is 1. The van der Waals surface area contributed by atoms with E-state index in [2.05, 4.69) is 4.98 Å². The molecule has 0 unspecified atom stereocenters. The van der Waals surface area contributed by atoms with Crippen LogP contribution in [0.2, 0.25) is 0 Å². The molecule has 0 aliphatic rings. The summed E-state index contributed by atoms with van der Waals surface area (Å²) in [5.74, 6) is -0.629. The zero-order valence-electron chi connectivity index (χ0n) is 11.6. The number of hydrogen-bond donors (Lipinski definition) is 1. The van der Waals surface area contributed by atoms with Gasteiger partial charge in [-0.05, 0) is 42.5 Å². The molecular formula is C16H9FN2O3S. The highest BCUT2D eigenvalue weighted by Crippen LogP contribution is 2.20. The Hall–Kier alpha value is -2.98. The molecule has 1 aromatic heterocycles. The Labute approximate surface area is 130 Å². The van der Waals surface area contributed by atoms with E-state index >= 15 is 0 Å². The predicted molar refractivity (Wildman–Crippen MR) is 81.1 cm³/mol. The minimum absolute atomic E-state index is 0.0419. The van der Waals surface area contributed by atoms with Gasteiger partial charge in [0.15, 0.2) is 0 Å². The van der Waals surface area contributed by atoms with Crippen LogP contribution in [0.1, 0.15) is 5.56 Å². The molecule has 2 aromatic carbocycles. The van der Waals surface area contributed by atoms with E-state index in [1.54, 1.807) is 0 Å². The maximum Gasteiger partial charge on any atom is 0.211 e. The Kier molecular flexibility index (Phi) is 3.47. The summed E-state index contributed by atoms with van der Waals surface area (Å²) in [5, 5.41) is 8.70. The topological polar surface area (TPSA) is 90.8 Å². The predicted octanol–water partition coefficient (Wildman–Crippen LogP) is 2.37. The van der Waals surface area contributed by atoms with Crippen LogP contribution >= 0.6 is 0 Å². The molecule has 1 N–H and O–H groups in total. The van der Waals surface area contributed by atoms with Gasteiger partial charge in [0.2, 0.25) is 15.3 Å². The van der Waals surface area contributed by atoms with Crippen LogP contribution in [-0.4, -0.2) is 13.4 Å². The second-order valence-corrected chi connectivity index (χ2v) is 6.73. The van der Waals surface area contributed by atoms with Crippen LogP contribution < -0.4 is 5.43 Å². The highest BCUT2D eigenvalue weighted by molar-refractivity contribution is 7.91. The zero-order valence-corrected chi connectivity index (χ0v) is 12.4. The number of nitrogens with zero attached hydrogens (tertiary/aromatic N) is 1. The first kappa shape index (κ1) is 14.9. The van der Waals surface area contributed by atoms with Crippen LogP contribution in [0.5, 0.6) is 0 Å². The van der Waals surface area contributed by atoms with Crippen molar-refractivity contribution in [3.8, 4) is 6.07 Å². The minimum atomic E-state index is -4.07. The SMILES string of the molecule is N#Cc1ccc(S(=O)(=O)c2c[nH]c3ccc(F)cc3c2=O)cc1. The van der Waals surface area contributed by atoms with Crippen LogP contribution in [0.15, 0.2) is 63.2 Å². The van der Waals surface area contributed by atoms with E-state index < -0.39 is 26.0 Å². The maximum absolute atomic E-state index is 13.3. The largest absolute Gasteiger partial charge is 0.360 e. The zero-order chi connectivity index (χ0) is 16.6. The van der Waals surface area contributed by atoms with Crippen molar-refractivity contribution in [1.29, 1.82) is 5.26 Å². The van der Waals surface area contributed by atoms with Gasteiger partial charge in [0.1, 0.15) is 10.7 Å². The van der Waals surface area contributed by atoms with Crippen molar-refractivity contribution < 1.29 is 12.8 Å². The van der Waals surface area contributed by atoms with Gasteiger partial charge in [-0.1, -0.05) is 0 Å². The number of rotatable bonds is 2. The summed E-state index contributed by atoms with van der Waals surface area (Å²) in [4.78, 5) is 14.5. The molecule has 0 atom stereocenters. The minimum Gasteiger partial charge on any atom is -0.360 e. The molecule has 0 radical (unpaired) electrons. The first-order valence-corrected chi connectivity index (χ1v) is 7.98. The summed E-state index contributed by atoms with van der Waals surface area (Å²) in [5.41, 5.74) is -0.128. The van der Waals surface area contributed by atoms with Gasteiger partial charge in [-0.15, -0.1) is 0 Å². The fourth-order valence-corrected chi connectivity index (χ4v) is 3.52. The molecule has 0 saturated carbocycles. The lowest BCUT2D eigenvalue weighted by molar-refractivity contribution is 0.595.